The van der Waals surface area contributed by atoms with E-state index >= 15 is 0 Å². The maximum atomic E-state index is 11.1. The summed E-state index contributed by atoms with van der Waals surface area (Å²) in [6, 6.07) is 10.00. The Morgan fingerprint density at radius 2 is 2.00 bits per heavy atom. The molecule has 1 heterocycles. The second kappa shape index (κ2) is 9.28. The maximum absolute atomic E-state index is 11.1. The van der Waals surface area contributed by atoms with Crippen LogP contribution in [-0.4, -0.2) is 34.5 Å². The molecule has 0 spiro atoms. The quantitative estimate of drug-likeness (QED) is 0.571. The number of aliphatic hydroxyl groups is 2. The fraction of sp³-hybridized carbons (Fsp3) is 0.421. The van der Waals surface area contributed by atoms with Crippen molar-refractivity contribution >= 4 is 5.97 Å². The first-order valence-electron chi connectivity index (χ1n) is 8.07. The van der Waals surface area contributed by atoms with E-state index in [1.807, 2.05) is 36.4 Å². The molecule has 1 aromatic carbocycles. The lowest BCUT2D eigenvalue weighted by molar-refractivity contribution is -0.141. The van der Waals surface area contributed by atoms with Gasteiger partial charge in [-0.15, -0.1) is 0 Å². The number of carbonyl (C=O) groups is 1. The standard InChI is InChI=1S/C19H24O4/c20-16(8-4-9-18-10-5-11-19(22)23-18)14-17(21)13-12-15-6-2-1-3-7-15/h1-7,9,11,16-18,20-21H,8,10,12-14H2/b9-4+/t16-,17+,18-/m0/s1. The van der Waals surface area contributed by atoms with Crippen molar-refractivity contribution in [1.29, 1.82) is 0 Å². The van der Waals surface area contributed by atoms with Crippen LogP contribution < -0.4 is 0 Å². The number of aryl methyl sites for hydroxylation is 1. The molecule has 3 atom stereocenters. The SMILES string of the molecule is O=C1C=CC[C@H](/C=C/C[C@H](O)C[C@H](O)CCc2ccccc2)O1. The zero-order chi connectivity index (χ0) is 16.5. The van der Waals surface area contributed by atoms with E-state index < -0.39 is 12.2 Å². The molecule has 0 saturated carbocycles. The zero-order valence-corrected chi connectivity index (χ0v) is 13.2. The van der Waals surface area contributed by atoms with Crippen LogP contribution in [0.5, 0.6) is 0 Å². The van der Waals surface area contributed by atoms with Gasteiger partial charge in [-0.1, -0.05) is 42.5 Å². The zero-order valence-electron chi connectivity index (χ0n) is 13.2. The number of carbonyl (C=O) groups excluding carboxylic acids is 1. The molecule has 124 valence electrons. The van der Waals surface area contributed by atoms with Gasteiger partial charge in [-0.3, -0.25) is 0 Å². The molecule has 0 amide bonds. The second-order valence-corrected chi connectivity index (χ2v) is 5.84. The Bertz CT molecular complexity index is 536. The summed E-state index contributed by atoms with van der Waals surface area (Å²) in [5.41, 5.74) is 1.19. The number of hydrogen-bond donors (Lipinski definition) is 2. The van der Waals surface area contributed by atoms with E-state index in [1.165, 1.54) is 11.6 Å². The van der Waals surface area contributed by atoms with Crippen LogP contribution in [0, 0.1) is 0 Å². The molecule has 0 bridgehead atoms. The highest BCUT2D eigenvalue weighted by molar-refractivity contribution is 5.82. The van der Waals surface area contributed by atoms with Crippen LogP contribution in [0.1, 0.15) is 31.2 Å². The molecular weight excluding hydrogens is 292 g/mol. The van der Waals surface area contributed by atoms with Crippen LogP contribution in [0.2, 0.25) is 0 Å². The smallest absolute Gasteiger partial charge is 0.331 e. The summed E-state index contributed by atoms with van der Waals surface area (Å²) in [6.45, 7) is 0. The summed E-state index contributed by atoms with van der Waals surface area (Å²) >= 11 is 0. The van der Waals surface area contributed by atoms with Gasteiger partial charge >= 0.3 is 5.97 Å². The number of esters is 1. The van der Waals surface area contributed by atoms with Gasteiger partial charge in [0.25, 0.3) is 0 Å². The third-order valence-electron chi connectivity index (χ3n) is 3.80. The summed E-state index contributed by atoms with van der Waals surface area (Å²) in [5, 5.41) is 20.0. The lowest BCUT2D eigenvalue weighted by Crippen LogP contribution is -2.19. The minimum atomic E-state index is -0.591. The molecule has 23 heavy (non-hydrogen) atoms. The first kappa shape index (κ1) is 17.4. The van der Waals surface area contributed by atoms with E-state index in [0.29, 0.717) is 25.7 Å². The van der Waals surface area contributed by atoms with Crippen molar-refractivity contribution in [2.45, 2.75) is 50.4 Å². The predicted molar refractivity (Wildman–Crippen MR) is 88.8 cm³/mol. The van der Waals surface area contributed by atoms with E-state index in [4.69, 9.17) is 4.74 Å². The average molecular weight is 316 g/mol. The van der Waals surface area contributed by atoms with Gasteiger partial charge in [0, 0.05) is 12.5 Å². The Labute approximate surface area is 137 Å². The first-order chi connectivity index (χ1) is 11.1. The third-order valence-corrected chi connectivity index (χ3v) is 3.80. The molecule has 4 heteroatoms. The molecule has 1 aliphatic heterocycles. The van der Waals surface area contributed by atoms with Crippen molar-refractivity contribution < 1.29 is 19.7 Å². The van der Waals surface area contributed by atoms with Crippen LogP contribution in [0.15, 0.2) is 54.6 Å². The fourth-order valence-electron chi connectivity index (χ4n) is 2.55. The van der Waals surface area contributed by atoms with Gasteiger partial charge in [0.05, 0.1) is 12.2 Å². The molecule has 0 saturated heterocycles. The number of ether oxygens (including phenoxy) is 1. The monoisotopic (exact) mass is 316 g/mol. The Balaban J connectivity index is 1.64. The molecule has 4 nitrogen and oxygen atoms in total. The van der Waals surface area contributed by atoms with Crippen molar-refractivity contribution in [2.75, 3.05) is 0 Å². The molecule has 2 rings (SSSR count). The number of aliphatic hydroxyl groups excluding tert-OH is 2. The highest BCUT2D eigenvalue weighted by Crippen LogP contribution is 2.13. The molecular formula is C19H24O4. The molecule has 2 N–H and O–H groups in total. The molecule has 0 fully saturated rings. The van der Waals surface area contributed by atoms with Crippen LogP contribution in [0.3, 0.4) is 0 Å². The van der Waals surface area contributed by atoms with Crippen LogP contribution in [0.4, 0.5) is 0 Å². The van der Waals surface area contributed by atoms with Crippen molar-refractivity contribution in [3.05, 3.63) is 60.2 Å². The van der Waals surface area contributed by atoms with Crippen LogP contribution in [-0.2, 0) is 16.0 Å². The lowest BCUT2D eigenvalue weighted by atomic mass is 10.0. The molecule has 0 radical (unpaired) electrons. The predicted octanol–water partition coefficient (Wildman–Crippen LogP) is 2.55. The van der Waals surface area contributed by atoms with E-state index in [0.717, 1.165) is 6.42 Å². The molecule has 0 aliphatic carbocycles. The lowest BCUT2D eigenvalue weighted by Gasteiger charge is -2.16. The number of cyclic esters (lactones) is 1. The Morgan fingerprint density at radius 1 is 1.22 bits per heavy atom. The fourth-order valence-corrected chi connectivity index (χ4v) is 2.55. The normalized spacial score (nSPS) is 20.4. The average Bonchev–Trinajstić information content (AvgIpc) is 2.54. The van der Waals surface area contributed by atoms with Crippen molar-refractivity contribution in [1.82, 2.24) is 0 Å². The van der Waals surface area contributed by atoms with E-state index in [1.54, 1.807) is 12.2 Å². The Hall–Kier alpha value is -1.91. The molecule has 0 unspecified atom stereocenters. The summed E-state index contributed by atoms with van der Waals surface area (Å²) in [4.78, 5) is 11.1. The number of hydrogen-bond acceptors (Lipinski definition) is 4. The van der Waals surface area contributed by atoms with E-state index in [9.17, 15) is 15.0 Å². The van der Waals surface area contributed by atoms with E-state index in [2.05, 4.69) is 0 Å². The highest BCUT2D eigenvalue weighted by atomic mass is 16.5. The van der Waals surface area contributed by atoms with Crippen molar-refractivity contribution in [2.24, 2.45) is 0 Å². The van der Waals surface area contributed by atoms with Gasteiger partial charge in [0.15, 0.2) is 0 Å². The summed E-state index contributed by atoms with van der Waals surface area (Å²) in [6.07, 6.45) is 8.34. The third kappa shape index (κ3) is 6.80. The van der Waals surface area contributed by atoms with Crippen molar-refractivity contribution in [3.8, 4) is 0 Å². The van der Waals surface area contributed by atoms with Gasteiger partial charge in [-0.2, -0.15) is 0 Å². The Kier molecular flexibility index (Phi) is 7.04. The van der Waals surface area contributed by atoms with E-state index in [-0.39, 0.29) is 12.1 Å². The molecule has 0 aromatic heterocycles. The largest absolute Gasteiger partial charge is 0.455 e. The Morgan fingerprint density at radius 3 is 2.74 bits per heavy atom. The number of rotatable bonds is 8. The van der Waals surface area contributed by atoms with Crippen molar-refractivity contribution in [3.63, 3.8) is 0 Å². The second-order valence-electron chi connectivity index (χ2n) is 5.84. The maximum Gasteiger partial charge on any atom is 0.331 e. The summed E-state index contributed by atoms with van der Waals surface area (Å²) in [5.74, 6) is -0.331. The first-order valence-corrected chi connectivity index (χ1v) is 8.07. The molecule has 1 aromatic rings. The topological polar surface area (TPSA) is 66.8 Å². The van der Waals surface area contributed by atoms with Gasteiger partial charge < -0.3 is 14.9 Å². The number of benzene rings is 1. The van der Waals surface area contributed by atoms with Crippen LogP contribution in [0.25, 0.3) is 0 Å². The van der Waals surface area contributed by atoms with Crippen LogP contribution >= 0.6 is 0 Å². The minimum absolute atomic E-state index is 0.247. The summed E-state index contributed by atoms with van der Waals surface area (Å²) < 4.78 is 5.09. The van der Waals surface area contributed by atoms with Gasteiger partial charge in [0.1, 0.15) is 6.10 Å². The van der Waals surface area contributed by atoms with Gasteiger partial charge in [-0.05, 0) is 37.3 Å². The summed E-state index contributed by atoms with van der Waals surface area (Å²) in [7, 11) is 0. The van der Waals surface area contributed by atoms with Gasteiger partial charge in [0.2, 0.25) is 0 Å². The minimum Gasteiger partial charge on any atom is -0.455 e. The highest BCUT2D eigenvalue weighted by Gasteiger charge is 2.14. The van der Waals surface area contributed by atoms with Gasteiger partial charge in [-0.25, -0.2) is 4.79 Å². The molecule has 1 aliphatic rings.